The molecule has 4 rings (SSSR count). The van der Waals surface area contributed by atoms with Crippen LogP contribution in [-0.2, 0) is 25.5 Å². The monoisotopic (exact) mass is 592 g/mol. The van der Waals surface area contributed by atoms with Crippen molar-refractivity contribution in [3.05, 3.63) is 48.6 Å². The summed E-state index contributed by atoms with van der Waals surface area (Å²) in [4.78, 5) is 45.4. The van der Waals surface area contributed by atoms with E-state index in [0.29, 0.717) is 19.4 Å². The van der Waals surface area contributed by atoms with Crippen molar-refractivity contribution in [1.29, 1.82) is 0 Å². The van der Waals surface area contributed by atoms with Gasteiger partial charge < -0.3 is 19.6 Å². The highest BCUT2D eigenvalue weighted by Gasteiger charge is 2.76. The SMILES string of the molecule is C=CCN(C(=O)C1N([C@@H](CO)Cc2ccccc2)C(=O)[C@@H]2[C@@H](C(=O)OCC)[C@@H]3SC12CC3Br)C(C)(C)C. The van der Waals surface area contributed by atoms with Crippen LogP contribution >= 0.6 is 27.7 Å². The Balaban J connectivity index is 1.84. The van der Waals surface area contributed by atoms with E-state index in [-0.39, 0.29) is 41.1 Å². The molecule has 202 valence electrons. The second-order valence-electron chi connectivity index (χ2n) is 11.1. The van der Waals surface area contributed by atoms with Gasteiger partial charge in [-0.3, -0.25) is 14.4 Å². The van der Waals surface area contributed by atoms with Crippen molar-refractivity contribution in [2.24, 2.45) is 11.8 Å². The average molecular weight is 594 g/mol. The number of thioether (sulfide) groups is 1. The lowest BCUT2D eigenvalue weighted by Gasteiger charge is -2.43. The maximum absolute atomic E-state index is 14.5. The van der Waals surface area contributed by atoms with Gasteiger partial charge in [0.15, 0.2) is 0 Å². The van der Waals surface area contributed by atoms with E-state index in [4.69, 9.17) is 4.74 Å². The first-order valence-electron chi connectivity index (χ1n) is 12.9. The minimum absolute atomic E-state index is 0.0320. The lowest BCUT2D eigenvalue weighted by atomic mass is 9.71. The number of esters is 1. The van der Waals surface area contributed by atoms with Crippen molar-refractivity contribution >= 4 is 45.5 Å². The Hall–Kier alpha value is -1.84. The van der Waals surface area contributed by atoms with Crippen LogP contribution in [0.2, 0.25) is 0 Å². The minimum Gasteiger partial charge on any atom is -0.466 e. The minimum atomic E-state index is -0.820. The summed E-state index contributed by atoms with van der Waals surface area (Å²) in [6.07, 6.45) is 2.68. The van der Waals surface area contributed by atoms with E-state index in [0.717, 1.165) is 5.56 Å². The number of nitrogens with zero attached hydrogens (tertiary/aromatic N) is 2. The Kier molecular flexibility index (Phi) is 8.17. The number of amides is 2. The zero-order chi connectivity index (χ0) is 27.1. The molecule has 0 radical (unpaired) electrons. The molecular weight excluding hydrogens is 556 g/mol. The molecule has 3 unspecified atom stereocenters. The Morgan fingerprint density at radius 3 is 2.59 bits per heavy atom. The number of hydrogen-bond acceptors (Lipinski definition) is 6. The normalized spacial score (nSPS) is 31.2. The summed E-state index contributed by atoms with van der Waals surface area (Å²) >= 11 is 5.35. The van der Waals surface area contributed by atoms with Crippen molar-refractivity contribution in [3.63, 3.8) is 0 Å². The number of hydrogen-bond donors (Lipinski definition) is 1. The standard InChI is InChI=1S/C28H37BrN2O5S/c1-6-13-30(27(3,4)5)25(34)23-28-15-19(29)22(37-28)20(26(35)36-7-2)21(28)24(33)31(23)18(16-32)14-17-11-9-8-10-12-17/h6,8-12,18-23,32H,1,7,13-16H2,2-5H3/t18-,19?,20-,21+,22-,23?,28?/m1/s1. The molecule has 3 fully saturated rings. The van der Waals surface area contributed by atoms with Gasteiger partial charge in [0.05, 0.1) is 35.8 Å². The summed E-state index contributed by atoms with van der Waals surface area (Å²) in [6, 6.07) is 8.23. The van der Waals surface area contributed by atoms with E-state index in [1.165, 1.54) is 0 Å². The highest BCUT2D eigenvalue weighted by Crippen LogP contribution is 2.68. The van der Waals surface area contributed by atoms with E-state index < -0.39 is 34.2 Å². The molecule has 1 spiro atoms. The topological polar surface area (TPSA) is 87.2 Å². The predicted octanol–water partition coefficient (Wildman–Crippen LogP) is 3.43. The maximum atomic E-state index is 14.5. The summed E-state index contributed by atoms with van der Waals surface area (Å²) in [5.41, 5.74) is 0.449. The van der Waals surface area contributed by atoms with Crippen molar-refractivity contribution < 1.29 is 24.2 Å². The summed E-state index contributed by atoms with van der Waals surface area (Å²) in [6.45, 7) is 11.8. The zero-order valence-corrected chi connectivity index (χ0v) is 24.3. The van der Waals surface area contributed by atoms with Gasteiger partial charge in [-0.25, -0.2) is 0 Å². The van der Waals surface area contributed by atoms with Gasteiger partial charge in [0.1, 0.15) is 6.04 Å². The number of carbonyl (C=O) groups is 3. The van der Waals surface area contributed by atoms with Crippen LogP contribution in [0.5, 0.6) is 0 Å². The van der Waals surface area contributed by atoms with E-state index >= 15 is 0 Å². The Morgan fingerprint density at radius 2 is 2.03 bits per heavy atom. The van der Waals surface area contributed by atoms with Crippen LogP contribution in [0, 0.1) is 11.8 Å². The van der Waals surface area contributed by atoms with E-state index in [2.05, 4.69) is 22.5 Å². The van der Waals surface area contributed by atoms with Crippen LogP contribution in [0.15, 0.2) is 43.0 Å². The Bertz CT molecular complexity index is 1050. The fourth-order valence-corrected chi connectivity index (χ4v) is 9.94. The number of aliphatic hydroxyl groups excluding tert-OH is 1. The van der Waals surface area contributed by atoms with E-state index in [1.54, 1.807) is 34.6 Å². The molecule has 0 aliphatic carbocycles. The number of likely N-dealkylation sites (tertiary alicyclic amines) is 1. The molecule has 3 aliphatic rings. The predicted molar refractivity (Wildman–Crippen MR) is 148 cm³/mol. The molecule has 0 aromatic heterocycles. The second-order valence-corrected chi connectivity index (χ2v) is 13.8. The molecular formula is C28H37BrN2O5S. The molecule has 3 saturated heterocycles. The Morgan fingerprint density at radius 1 is 1.35 bits per heavy atom. The number of aliphatic hydroxyl groups is 1. The molecule has 1 N–H and O–H groups in total. The van der Waals surface area contributed by atoms with Crippen LogP contribution in [0.4, 0.5) is 0 Å². The van der Waals surface area contributed by atoms with Gasteiger partial charge in [-0.1, -0.05) is 52.3 Å². The molecule has 3 heterocycles. The first kappa shape index (κ1) is 28.2. The van der Waals surface area contributed by atoms with Gasteiger partial charge >= 0.3 is 5.97 Å². The highest BCUT2D eigenvalue weighted by atomic mass is 79.9. The van der Waals surface area contributed by atoms with Crippen LogP contribution in [0.1, 0.15) is 39.7 Å². The second kappa shape index (κ2) is 10.7. The number of carbonyl (C=O) groups excluding carboxylic acids is 3. The molecule has 37 heavy (non-hydrogen) atoms. The summed E-state index contributed by atoms with van der Waals surface area (Å²) in [5.74, 6) is -2.13. The summed E-state index contributed by atoms with van der Waals surface area (Å²) in [5, 5.41) is 10.4. The van der Waals surface area contributed by atoms with Crippen molar-refractivity contribution in [2.75, 3.05) is 19.8 Å². The van der Waals surface area contributed by atoms with Gasteiger partial charge in [-0.2, -0.15) is 0 Å². The molecule has 0 saturated carbocycles. The fraction of sp³-hybridized carbons (Fsp3) is 0.607. The van der Waals surface area contributed by atoms with Crippen LogP contribution in [0.25, 0.3) is 0 Å². The molecule has 3 aliphatic heterocycles. The smallest absolute Gasteiger partial charge is 0.310 e. The number of ether oxygens (including phenoxy) is 1. The quantitative estimate of drug-likeness (QED) is 0.268. The average Bonchev–Trinajstić information content (AvgIpc) is 3.44. The molecule has 2 bridgehead atoms. The first-order chi connectivity index (χ1) is 17.5. The van der Waals surface area contributed by atoms with Gasteiger partial charge in [0, 0.05) is 22.2 Å². The van der Waals surface area contributed by atoms with Crippen LogP contribution < -0.4 is 0 Å². The summed E-state index contributed by atoms with van der Waals surface area (Å²) < 4.78 is 4.64. The molecule has 7 atom stereocenters. The number of benzene rings is 1. The fourth-order valence-electron chi connectivity index (χ4n) is 6.36. The molecule has 1 aromatic carbocycles. The van der Waals surface area contributed by atoms with Crippen molar-refractivity contribution in [3.8, 4) is 0 Å². The van der Waals surface area contributed by atoms with E-state index in [9.17, 15) is 19.5 Å². The number of rotatable bonds is 9. The lowest BCUT2D eigenvalue weighted by Crippen LogP contribution is -2.61. The largest absolute Gasteiger partial charge is 0.466 e. The lowest BCUT2D eigenvalue weighted by molar-refractivity contribution is -0.154. The molecule has 7 nitrogen and oxygen atoms in total. The first-order valence-corrected chi connectivity index (χ1v) is 14.7. The third-order valence-corrected chi connectivity index (χ3v) is 11.0. The van der Waals surface area contributed by atoms with Gasteiger partial charge in [-0.15, -0.1) is 18.3 Å². The molecule has 2 amide bonds. The zero-order valence-electron chi connectivity index (χ0n) is 21.9. The van der Waals surface area contributed by atoms with Crippen molar-refractivity contribution in [1.82, 2.24) is 9.80 Å². The number of halogens is 1. The Labute approximate surface area is 232 Å². The maximum Gasteiger partial charge on any atom is 0.310 e. The summed E-state index contributed by atoms with van der Waals surface area (Å²) in [7, 11) is 0. The van der Waals surface area contributed by atoms with Crippen LogP contribution in [0.3, 0.4) is 0 Å². The number of alkyl halides is 1. The molecule has 1 aromatic rings. The van der Waals surface area contributed by atoms with E-state index in [1.807, 2.05) is 51.1 Å². The molecule has 9 heteroatoms. The van der Waals surface area contributed by atoms with Gasteiger partial charge in [0.2, 0.25) is 11.8 Å². The van der Waals surface area contributed by atoms with Gasteiger partial charge in [0.25, 0.3) is 0 Å². The third kappa shape index (κ3) is 4.76. The van der Waals surface area contributed by atoms with Crippen LogP contribution in [-0.4, -0.2) is 84.9 Å². The van der Waals surface area contributed by atoms with Gasteiger partial charge in [-0.05, 0) is 46.1 Å². The highest BCUT2D eigenvalue weighted by molar-refractivity contribution is 9.09. The van der Waals surface area contributed by atoms with Crippen molar-refractivity contribution in [2.45, 2.75) is 73.0 Å². The number of fused-ring (bicyclic) bond motifs is 1. The third-order valence-electron chi connectivity index (χ3n) is 7.83.